The summed E-state index contributed by atoms with van der Waals surface area (Å²) in [7, 11) is 0. The Bertz CT molecular complexity index is 602. The van der Waals surface area contributed by atoms with Gasteiger partial charge in [-0.3, -0.25) is 4.79 Å². The van der Waals surface area contributed by atoms with Gasteiger partial charge >= 0.3 is 0 Å². The number of nitrogens with zero attached hydrogens (tertiary/aromatic N) is 1. The minimum atomic E-state index is -0.608. The van der Waals surface area contributed by atoms with Crippen molar-refractivity contribution in [3.8, 4) is 0 Å². The molecule has 0 bridgehead atoms. The van der Waals surface area contributed by atoms with E-state index >= 15 is 0 Å². The van der Waals surface area contributed by atoms with Crippen molar-refractivity contribution >= 4 is 22.7 Å². The number of rotatable bonds is 4. The van der Waals surface area contributed by atoms with Crippen LogP contribution in [-0.2, 0) is 4.79 Å². The highest BCUT2D eigenvalue weighted by Crippen LogP contribution is 2.20. The van der Waals surface area contributed by atoms with Crippen molar-refractivity contribution in [3.05, 3.63) is 24.1 Å². The van der Waals surface area contributed by atoms with Crippen LogP contribution < -0.4 is 10.6 Å². The van der Waals surface area contributed by atoms with Gasteiger partial charge in [0, 0.05) is 12.6 Å². The van der Waals surface area contributed by atoms with Crippen LogP contribution in [0.3, 0.4) is 0 Å². The number of carbonyl (C=O) groups excluding carboxylic acids is 1. The van der Waals surface area contributed by atoms with Gasteiger partial charge in [-0.15, -0.1) is 0 Å². The Morgan fingerprint density at radius 3 is 2.84 bits per heavy atom. The standard InChI is InChI=1S/C14H19N3O2/c1-5-15-14(3,4)13(18)17-10-6-7-12-11(8-10)16-9(2)19-12/h6-8,15H,5H2,1-4H3,(H,17,18). The number of hydrogen-bond acceptors (Lipinski definition) is 4. The first-order chi connectivity index (χ1) is 8.92. The predicted octanol–water partition coefficient (Wildman–Crippen LogP) is 2.46. The minimum Gasteiger partial charge on any atom is -0.441 e. The van der Waals surface area contributed by atoms with E-state index in [0.29, 0.717) is 5.89 Å². The molecular formula is C14H19N3O2. The molecule has 2 rings (SSSR count). The fraction of sp³-hybridized carbons (Fsp3) is 0.429. The number of aryl methyl sites for hydroxylation is 1. The van der Waals surface area contributed by atoms with Gasteiger partial charge in [-0.25, -0.2) is 4.98 Å². The molecule has 0 aliphatic rings. The Morgan fingerprint density at radius 1 is 1.42 bits per heavy atom. The maximum absolute atomic E-state index is 12.1. The molecule has 0 spiro atoms. The topological polar surface area (TPSA) is 67.2 Å². The average Bonchev–Trinajstić information content (AvgIpc) is 2.68. The van der Waals surface area contributed by atoms with E-state index in [1.807, 2.05) is 39.0 Å². The second-order valence-corrected chi connectivity index (χ2v) is 5.02. The first kappa shape index (κ1) is 13.5. The molecule has 0 atom stereocenters. The van der Waals surface area contributed by atoms with E-state index in [0.717, 1.165) is 23.3 Å². The molecule has 2 N–H and O–H groups in total. The van der Waals surface area contributed by atoms with Crippen LogP contribution in [0, 0.1) is 6.92 Å². The summed E-state index contributed by atoms with van der Waals surface area (Å²) in [5.74, 6) is 0.542. The lowest BCUT2D eigenvalue weighted by Crippen LogP contribution is -2.49. The molecular weight excluding hydrogens is 242 g/mol. The predicted molar refractivity (Wildman–Crippen MR) is 75.1 cm³/mol. The Morgan fingerprint density at radius 2 is 2.16 bits per heavy atom. The highest BCUT2D eigenvalue weighted by atomic mass is 16.3. The van der Waals surface area contributed by atoms with Crippen molar-refractivity contribution in [2.45, 2.75) is 33.2 Å². The summed E-state index contributed by atoms with van der Waals surface area (Å²) in [6, 6.07) is 5.43. The van der Waals surface area contributed by atoms with Crippen molar-refractivity contribution in [2.24, 2.45) is 0 Å². The number of anilines is 1. The summed E-state index contributed by atoms with van der Waals surface area (Å²) in [5, 5.41) is 6.02. The molecule has 1 amide bonds. The first-order valence-electron chi connectivity index (χ1n) is 6.36. The third-order valence-corrected chi connectivity index (χ3v) is 2.94. The van der Waals surface area contributed by atoms with E-state index < -0.39 is 5.54 Å². The Labute approximate surface area is 112 Å². The van der Waals surface area contributed by atoms with Crippen LogP contribution in [-0.4, -0.2) is 23.0 Å². The Balaban J connectivity index is 2.19. The lowest BCUT2D eigenvalue weighted by Gasteiger charge is -2.24. The van der Waals surface area contributed by atoms with Crippen LogP contribution in [0.25, 0.3) is 11.1 Å². The van der Waals surface area contributed by atoms with Gasteiger partial charge in [0.05, 0.1) is 5.54 Å². The Kier molecular flexibility index (Phi) is 3.57. The van der Waals surface area contributed by atoms with Crippen LogP contribution in [0.15, 0.2) is 22.6 Å². The SMILES string of the molecule is CCNC(C)(C)C(=O)Nc1ccc2oc(C)nc2c1. The molecule has 0 saturated heterocycles. The number of amides is 1. The van der Waals surface area contributed by atoms with Gasteiger partial charge in [0.15, 0.2) is 11.5 Å². The molecule has 1 aromatic heterocycles. The number of oxazole rings is 1. The van der Waals surface area contributed by atoms with Gasteiger partial charge in [-0.2, -0.15) is 0 Å². The van der Waals surface area contributed by atoms with Crippen molar-refractivity contribution < 1.29 is 9.21 Å². The van der Waals surface area contributed by atoms with Crippen molar-refractivity contribution in [2.75, 3.05) is 11.9 Å². The largest absolute Gasteiger partial charge is 0.441 e. The lowest BCUT2D eigenvalue weighted by atomic mass is 10.0. The van der Waals surface area contributed by atoms with E-state index in [-0.39, 0.29) is 5.91 Å². The number of nitrogens with one attached hydrogen (secondary N) is 2. The van der Waals surface area contributed by atoms with Crippen molar-refractivity contribution in [1.29, 1.82) is 0 Å². The average molecular weight is 261 g/mol. The molecule has 0 radical (unpaired) electrons. The summed E-state index contributed by atoms with van der Waals surface area (Å²) in [6.45, 7) is 8.21. The molecule has 5 nitrogen and oxygen atoms in total. The van der Waals surface area contributed by atoms with Gasteiger partial charge in [0.1, 0.15) is 5.52 Å². The molecule has 0 aliphatic heterocycles. The van der Waals surface area contributed by atoms with Gasteiger partial charge < -0.3 is 15.1 Å². The Hall–Kier alpha value is -1.88. The summed E-state index contributed by atoms with van der Waals surface area (Å²) in [5.41, 5.74) is 1.58. The highest BCUT2D eigenvalue weighted by molar-refractivity contribution is 5.98. The monoisotopic (exact) mass is 261 g/mol. The first-order valence-corrected chi connectivity index (χ1v) is 6.36. The molecule has 0 aliphatic carbocycles. The van der Waals surface area contributed by atoms with Crippen molar-refractivity contribution in [1.82, 2.24) is 10.3 Å². The molecule has 0 unspecified atom stereocenters. The zero-order valence-corrected chi connectivity index (χ0v) is 11.7. The fourth-order valence-electron chi connectivity index (χ4n) is 1.93. The van der Waals surface area contributed by atoms with E-state index in [2.05, 4.69) is 15.6 Å². The highest BCUT2D eigenvalue weighted by Gasteiger charge is 2.26. The van der Waals surface area contributed by atoms with E-state index in [1.165, 1.54) is 0 Å². The molecule has 102 valence electrons. The van der Waals surface area contributed by atoms with Crippen LogP contribution >= 0.6 is 0 Å². The van der Waals surface area contributed by atoms with Crippen LogP contribution in [0.2, 0.25) is 0 Å². The van der Waals surface area contributed by atoms with E-state index in [1.54, 1.807) is 6.92 Å². The maximum Gasteiger partial charge on any atom is 0.244 e. The third kappa shape index (κ3) is 2.93. The van der Waals surface area contributed by atoms with Gasteiger partial charge in [-0.1, -0.05) is 6.92 Å². The molecule has 1 heterocycles. The van der Waals surface area contributed by atoms with Gasteiger partial charge in [0.2, 0.25) is 5.91 Å². The molecule has 2 aromatic rings. The summed E-state index contributed by atoms with van der Waals surface area (Å²) in [6.07, 6.45) is 0. The number of carbonyl (C=O) groups is 1. The van der Waals surface area contributed by atoms with Gasteiger partial charge in [0.25, 0.3) is 0 Å². The number of fused-ring (bicyclic) bond motifs is 1. The zero-order valence-electron chi connectivity index (χ0n) is 11.7. The van der Waals surface area contributed by atoms with Crippen LogP contribution in [0.1, 0.15) is 26.7 Å². The maximum atomic E-state index is 12.1. The van der Waals surface area contributed by atoms with Gasteiger partial charge in [-0.05, 0) is 38.6 Å². The van der Waals surface area contributed by atoms with Crippen LogP contribution in [0.4, 0.5) is 5.69 Å². The second kappa shape index (κ2) is 5.01. The quantitative estimate of drug-likeness (QED) is 0.887. The summed E-state index contributed by atoms with van der Waals surface area (Å²) >= 11 is 0. The molecule has 19 heavy (non-hydrogen) atoms. The van der Waals surface area contributed by atoms with E-state index in [4.69, 9.17) is 4.42 Å². The fourth-order valence-corrected chi connectivity index (χ4v) is 1.93. The van der Waals surface area contributed by atoms with E-state index in [9.17, 15) is 4.79 Å². The van der Waals surface area contributed by atoms with Crippen LogP contribution in [0.5, 0.6) is 0 Å². The molecule has 0 fully saturated rings. The molecule has 0 saturated carbocycles. The summed E-state index contributed by atoms with van der Waals surface area (Å²) < 4.78 is 5.40. The zero-order chi connectivity index (χ0) is 14.0. The van der Waals surface area contributed by atoms with Crippen molar-refractivity contribution in [3.63, 3.8) is 0 Å². The third-order valence-electron chi connectivity index (χ3n) is 2.94. The number of benzene rings is 1. The smallest absolute Gasteiger partial charge is 0.244 e. The number of likely N-dealkylation sites (N-methyl/N-ethyl adjacent to an activating group) is 1. The second-order valence-electron chi connectivity index (χ2n) is 5.02. The number of hydrogen-bond donors (Lipinski definition) is 2. The number of aromatic nitrogens is 1. The summed E-state index contributed by atoms with van der Waals surface area (Å²) in [4.78, 5) is 16.4. The lowest BCUT2D eigenvalue weighted by molar-refractivity contribution is -0.121. The molecule has 5 heteroatoms. The minimum absolute atomic E-state index is 0.0751. The molecule has 1 aromatic carbocycles. The normalized spacial score (nSPS) is 11.8.